The summed E-state index contributed by atoms with van der Waals surface area (Å²) in [4.78, 5) is 0. The van der Waals surface area contributed by atoms with Crippen LogP contribution in [0.2, 0.25) is 0 Å². The molecule has 0 aliphatic rings. The van der Waals surface area contributed by atoms with Crippen molar-refractivity contribution in [1.82, 2.24) is 34.7 Å². The fourth-order valence-corrected chi connectivity index (χ4v) is 16.3. The van der Waals surface area contributed by atoms with Crippen molar-refractivity contribution in [3.05, 3.63) is 255 Å². The predicted molar refractivity (Wildman–Crippen MR) is 253 cm³/mol. The number of benzene rings is 2. The molecule has 0 atom stereocenters. The van der Waals surface area contributed by atoms with Crippen LogP contribution >= 0.6 is 32.9 Å². The van der Waals surface area contributed by atoms with Crippen LogP contribution in [0.4, 0.5) is 0 Å². The second-order valence-electron chi connectivity index (χ2n) is 14.5. The van der Waals surface area contributed by atoms with E-state index in [1.807, 2.05) is 0 Å². The molecule has 10 rings (SSSR count). The quantitative estimate of drug-likeness (QED) is 0.0819. The summed E-state index contributed by atoms with van der Waals surface area (Å²) in [5.41, 5.74) is 8.27. The van der Waals surface area contributed by atoms with E-state index in [-0.39, 0.29) is 0 Å². The maximum Gasteiger partial charge on any atom is 0.107 e. The van der Waals surface area contributed by atoms with E-state index in [0.29, 0.717) is 0 Å². The molecule has 12 heteroatoms. The highest BCUT2D eigenvalue weighted by molar-refractivity contribution is 7.54. The van der Waals surface area contributed by atoms with Crippen LogP contribution in [-0.2, 0) is 24.6 Å². The Balaban J connectivity index is 1.20. The molecule has 0 bridgehead atoms. The van der Waals surface area contributed by atoms with Crippen LogP contribution in [0.15, 0.2) is 233 Å². The topological polar surface area (TPSA) is 39.4 Å². The summed E-state index contributed by atoms with van der Waals surface area (Å²) in [5.74, 6) is 0. The molecule has 8 nitrogen and oxygen atoms in total. The van der Waals surface area contributed by atoms with E-state index < -0.39 is 32.9 Å². The van der Waals surface area contributed by atoms with Gasteiger partial charge in [0.25, 0.3) is 0 Å². The molecule has 8 aromatic heterocycles. The highest BCUT2D eigenvalue weighted by Gasteiger charge is 2.27. The SMILES string of the molecule is c1cc(CP(n2cccc2)n2cccc2)c(-c2c(CP(n3cccc3)n3cccc3)cccc2CP(n2cccc2)n2cccc2)c(CP(n2cccc2)n2cccc2)c1. The third-order valence-electron chi connectivity index (χ3n) is 10.8. The third kappa shape index (κ3) is 8.14. The molecule has 0 amide bonds. The minimum Gasteiger partial charge on any atom is -0.315 e. The smallest absolute Gasteiger partial charge is 0.107 e. The maximum absolute atomic E-state index is 2.42. The van der Waals surface area contributed by atoms with Crippen molar-refractivity contribution in [3.8, 4) is 11.1 Å². The third-order valence-corrected chi connectivity index (χ3v) is 19.7. The van der Waals surface area contributed by atoms with E-state index in [0.717, 1.165) is 24.6 Å². The summed E-state index contributed by atoms with van der Waals surface area (Å²) in [5, 5.41) is 0. The first-order valence-corrected chi connectivity index (χ1v) is 25.9. The Labute approximate surface area is 356 Å². The van der Waals surface area contributed by atoms with Crippen LogP contribution in [0, 0.1) is 0 Å². The van der Waals surface area contributed by atoms with Gasteiger partial charge < -0.3 is 34.7 Å². The van der Waals surface area contributed by atoms with E-state index in [1.54, 1.807) is 0 Å². The molecule has 0 saturated heterocycles. The Kier molecular flexibility index (Phi) is 11.5. The minimum absolute atomic E-state index is 0.816. The summed E-state index contributed by atoms with van der Waals surface area (Å²) in [6, 6.07) is 48.7. The number of aromatic nitrogens is 8. The van der Waals surface area contributed by atoms with Crippen molar-refractivity contribution in [2.75, 3.05) is 0 Å². The molecule has 60 heavy (non-hydrogen) atoms. The number of hydrogen-bond donors (Lipinski definition) is 0. The normalized spacial score (nSPS) is 11.9. The van der Waals surface area contributed by atoms with Crippen LogP contribution < -0.4 is 0 Å². The van der Waals surface area contributed by atoms with Crippen molar-refractivity contribution >= 4 is 32.9 Å². The highest BCUT2D eigenvalue weighted by atomic mass is 31.1. The van der Waals surface area contributed by atoms with Gasteiger partial charge in [0, 0.05) is 124 Å². The van der Waals surface area contributed by atoms with Gasteiger partial charge in [-0.1, -0.05) is 36.4 Å². The average Bonchev–Trinajstić information content (AvgIpc) is 4.13. The lowest BCUT2D eigenvalue weighted by Gasteiger charge is -2.29. The van der Waals surface area contributed by atoms with E-state index in [4.69, 9.17) is 0 Å². The van der Waals surface area contributed by atoms with Crippen LogP contribution in [0.5, 0.6) is 0 Å². The van der Waals surface area contributed by atoms with Crippen LogP contribution in [-0.4, -0.2) is 34.7 Å². The zero-order valence-corrected chi connectivity index (χ0v) is 36.7. The van der Waals surface area contributed by atoms with Gasteiger partial charge in [0.1, 0.15) is 32.9 Å². The van der Waals surface area contributed by atoms with Crippen molar-refractivity contribution in [2.24, 2.45) is 0 Å². The van der Waals surface area contributed by atoms with Crippen LogP contribution in [0.3, 0.4) is 0 Å². The lowest BCUT2D eigenvalue weighted by atomic mass is 9.89. The van der Waals surface area contributed by atoms with Crippen molar-refractivity contribution < 1.29 is 0 Å². The maximum atomic E-state index is 2.42. The number of rotatable bonds is 17. The van der Waals surface area contributed by atoms with Crippen molar-refractivity contribution in [3.63, 3.8) is 0 Å². The van der Waals surface area contributed by atoms with Gasteiger partial charge in [-0.05, 0) is 130 Å². The Morgan fingerprint density at radius 1 is 0.217 bits per heavy atom. The zero-order valence-electron chi connectivity index (χ0n) is 33.1. The van der Waals surface area contributed by atoms with Gasteiger partial charge in [0.2, 0.25) is 0 Å². The lowest BCUT2D eigenvalue weighted by Crippen LogP contribution is -2.09. The molecule has 0 saturated carbocycles. The molecule has 2 aromatic carbocycles. The van der Waals surface area contributed by atoms with E-state index in [9.17, 15) is 0 Å². The molecule has 0 N–H and O–H groups in total. The van der Waals surface area contributed by atoms with Gasteiger partial charge in [-0.2, -0.15) is 0 Å². The molecule has 8 heterocycles. The lowest BCUT2D eigenvalue weighted by molar-refractivity contribution is 1.08. The molecule has 0 radical (unpaired) electrons. The predicted octanol–water partition coefficient (Wildman–Crippen LogP) is 13.4. The number of hydrogen-bond acceptors (Lipinski definition) is 0. The Bertz CT molecular complexity index is 2250. The molecular formula is C48H46N8P4. The van der Waals surface area contributed by atoms with E-state index >= 15 is 0 Å². The van der Waals surface area contributed by atoms with Gasteiger partial charge in [-0.25, -0.2) is 0 Å². The first-order chi connectivity index (χ1) is 29.8. The Morgan fingerprint density at radius 3 is 0.517 bits per heavy atom. The summed E-state index contributed by atoms with van der Waals surface area (Å²) in [7, 11) is -3.27. The standard InChI is InChI=1S/C48H46N8P4/c1-2-24-49(23-1)57(50-25-3-4-26-50)39-43-19-17-20-44(40-58(51-27-5-6-28-51)52-29-7-8-30-52)47(43)48-45(41-59(53-31-9-10-32-53)54-33-11-12-34-54)21-18-22-46(48)42-60(55-35-13-14-36-55)56-37-15-16-38-56/h1-38H,39-42H2. The summed E-state index contributed by atoms with van der Waals surface area (Å²) >= 11 is 0. The largest absolute Gasteiger partial charge is 0.315 e. The first-order valence-electron chi connectivity index (χ1n) is 20.1. The molecule has 298 valence electrons. The Morgan fingerprint density at radius 2 is 0.367 bits per heavy atom. The average molecular weight is 859 g/mol. The van der Waals surface area contributed by atoms with Crippen LogP contribution in [0.25, 0.3) is 11.1 Å². The van der Waals surface area contributed by atoms with E-state index in [1.165, 1.54) is 33.4 Å². The van der Waals surface area contributed by atoms with Gasteiger partial charge in [-0.15, -0.1) is 0 Å². The van der Waals surface area contributed by atoms with Crippen LogP contribution in [0.1, 0.15) is 22.3 Å². The zero-order chi connectivity index (χ0) is 40.1. The monoisotopic (exact) mass is 858 g/mol. The second kappa shape index (κ2) is 17.9. The van der Waals surface area contributed by atoms with Crippen molar-refractivity contribution in [2.45, 2.75) is 24.6 Å². The minimum atomic E-state index is -0.816. The fraction of sp³-hybridized carbons (Fsp3) is 0.0833. The van der Waals surface area contributed by atoms with Gasteiger partial charge in [0.15, 0.2) is 0 Å². The molecule has 10 aromatic rings. The first kappa shape index (κ1) is 38.6. The molecule has 0 fully saturated rings. The summed E-state index contributed by atoms with van der Waals surface area (Å²) in [6.07, 6.45) is 39.2. The molecule has 0 spiro atoms. The summed E-state index contributed by atoms with van der Waals surface area (Å²) in [6.45, 7) is 0. The molecule has 0 aliphatic carbocycles. The molecular weight excluding hydrogens is 812 g/mol. The molecule has 0 unspecified atom stereocenters. The van der Waals surface area contributed by atoms with Crippen molar-refractivity contribution in [1.29, 1.82) is 0 Å². The van der Waals surface area contributed by atoms with Gasteiger partial charge in [0.05, 0.1) is 0 Å². The Hall–Kier alpha value is -5.60. The highest BCUT2D eigenvalue weighted by Crippen LogP contribution is 2.53. The molecule has 0 aliphatic heterocycles. The van der Waals surface area contributed by atoms with E-state index in [2.05, 4.69) is 267 Å². The number of nitrogens with zero attached hydrogens (tertiary/aromatic N) is 8. The second-order valence-corrected chi connectivity index (χ2v) is 22.5. The summed E-state index contributed by atoms with van der Waals surface area (Å²) < 4.78 is 19.3. The van der Waals surface area contributed by atoms with Gasteiger partial charge in [-0.3, -0.25) is 0 Å². The fourth-order valence-electron chi connectivity index (χ4n) is 8.05. The van der Waals surface area contributed by atoms with Gasteiger partial charge >= 0.3 is 0 Å².